The van der Waals surface area contributed by atoms with Crippen molar-refractivity contribution in [3.8, 4) is 12.1 Å². The highest BCUT2D eigenvalue weighted by Crippen LogP contribution is 2.39. The van der Waals surface area contributed by atoms with Crippen LogP contribution in [0.2, 0.25) is 5.15 Å². The molecular weight excluding hydrogens is 465 g/mol. The molecule has 0 spiro atoms. The van der Waals surface area contributed by atoms with Crippen molar-refractivity contribution in [2.45, 2.75) is 43.7 Å². The number of rotatable bonds is 5. The number of carboxylic acid groups (broad SMARTS) is 1. The number of nitriles is 1. The van der Waals surface area contributed by atoms with Gasteiger partial charge in [0, 0.05) is 25.8 Å². The summed E-state index contributed by atoms with van der Waals surface area (Å²) in [7, 11) is 0. The largest absolute Gasteiger partial charge is 0.465 e. The molecule has 1 atom stereocenters. The van der Waals surface area contributed by atoms with E-state index in [1.807, 2.05) is 11.0 Å². The highest BCUT2D eigenvalue weighted by atomic mass is 35.5. The summed E-state index contributed by atoms with van der Waals surface area (Å²) in [4.78, 5) is 30.0. The second-order valence-electron chi connectivity index (χ2n) is 9.10. The lowest BCUT2D eigenvalue weighted by Gasteiger charge is -2.39. The smallest absolute Gasteiger partial charge is 0.407 e. The quantitative estimate of drug-likeness (QED) is 0.632. The van der Waals surface area contributed by atoms with Gasteiger partial charge in [0.25, 0.3) is 0 Å². The molecule has 3 saturated heterocycles. The number of aromatic nitrogens is 3. The highest BCUT2D eigenvalue weighted by Gasteiger charge is 2.45. The zero-order chi connectivity index (χ0) is 23.9. The molecule has 3 aliphatic rings. The third-order valence-electron chi connectivity index (χ3n) is 7.24. The van der Waals surface area contributed by atoms with Gasteiger partial charge in [0.2, 0.25) is 0 Å². The van der Waals surface area contributed by atoms with Gasteiger partial charge in [-0.3, -0.25) is 4.90 Å². The molecule has 3 fully saturated rings. The van der Waals surface area contributed by atoms with E-state index in [1.165, 1.54) is 11.1 Å². The average molecular weight is 490 g/mol. The molecule has 180 valence electrons. The Kier molecular flexibility index (Phi) is 6.04. The predicted molar refractivity (Wildman–Crippen MR) is 122 cm³/mol. The third kappa shape index (κ3) is 3.95. The van der Waals surface area contributed by atoms with Gasteiger partial charge in [0.05, 0.1) is 29.5 Å². The van der Waals surface area contributed by atoms with Crippen LogP contribution in [0.4, 0.5) is 15.0 Å². The van der Waals surface area contributed by atoms with Crippen molar-refractivity contribution in [1.29, 1.82) is 5.26 Å². The number of halogens is 2. The number of nitrogens with zero attached hydrogens (tertiary/aromatic N) is 7. The highest BCUT2D eigenvalue weighted by molar-refractivity contribution is 6.30. The first-order valence-electron chi connectivity index (χ1n) is 11.4. The first-order chi connectivity index (χ1) is 16.4. The van der Waals surface area contributed by atoms with Gasteiger partial charge in [-0.2, -0.15) is 15.2 Å². The fraction of sp³-hybridized carbons (Fsp3) is 0.591. The van der Waals surface area contributed by atoms with E-state index in [-0.39, 0.29) is 41.7 Å². The van der Waals surface area contributed by atoms with Crippen molar-refractivity contribution in [3.05, 3.63) is 17.2 Å². The average Bonchev–Trinajstić information content (AvgIpc) is 3.40. The first-order valence-corrected chi connectivity index (χ1v) is 11.8. The summed E-state index contributed by atoms with van der Waals surface area (Å²) in [5.41, 5.74) is -0.0255. The lowest BCUT2D eigenvalue weighted by molar-refractivity contribution is 0.107. The molecule has 2 aromatic rings. The summed E-state index contributed by atoms with van der Waals surface area (Å²) >= 11 is 5.93. The number of anilines is 1. The summed E-state index contributed by atoms with van der Waals surface area (Å²) in [6.45, 7) is 3.26. The number of amides is 1. The summed E-state index contributed by atoms with van der Waals surface area (Å²) < 4.78 is 21.0. The molecule has 12 heteroatoms. The minimum Gasteiger partial charge on any atom is -0.465 e. The Bertz CT molecular complexity index is 1150. The van der Waals surface area contributed by atoms with Crippen molar-refractivity contribution in [2.24, 2.45) is 0 Å². The molecule has 5 rings (SSSR count). The number of fused-ring (bicyclic) bond motifs is 2. The van der Waals surface area contributed by atoms with Crippen LogP contribution < -0.4 is 9.64 Å². The van der Waals surface area contributed by atoms with Gasteiger partial charge in [-0.15, -0.1) is 0 Å². The Morgan fingerprint density at radius 2 is 2.06 bits per heavy atom. The van der Waals surface area contributed by atoms with E-state index >= 15 is 0 Å². The first kappa shape index (κ1) is 22.8. The van der Waals surface area contributed by atoms with Gasteiger partial charge in [0.1, 0.15) is 17.9 Å². The SMILES string of the molecule is N#CC[C@H]1CN(c2nc(OCC34CCCN3CCC4)nc3c(F)c(Cl)ncc23)CCN1C(=O)O. The van der Waals surface area contributed by atoms with Crippen molar-refractivity contribution < 1.29 is 19.0 Å². The number of carbonyl (C=O) groups is 1. The van der Waals surface area contributed by atoms with Gasteiger partial charge >= 0.3 is 12.1 Å². The Balaban J connectivity index is 1.49. The standard InChI is InChI=1S/C22H25ClFN7O3/c23-18-16(24)17-15(11-26-18)19(29-9-10-31(21(32)33)14(12-29)3-6-25)28-20(27-17)34-13-22-4-1-7-30(22)8-2-5-22/h11,14H,1-5,7-10,12-13H2,(H,32,33)/t14-/m0/s1. The Labute approximate surface area is 200 Å². The van der Waals surface area contributed by atoms with Crippen LogP contribution in [0.15, 0.2) is 6.20 Å². The zero-order valence-electron chi connectivity index (χ0n) is 18.6. The van der Waals surface area contributed by atoms with Crippen molar-refractivity contribution in [1.82, 2.24) is 24.8 Å². The van der Waals surface area contributed by atoms with E-state index in [0.717, 1.165) is 38.8 Å². The van der Waals surface area contributed by atoms with Gasteiger partial charge in [-0.05, 0) is 38.8 Å². The van der Waals surface area contributed by atoms with E-state index in [1.54, 1.807) is 0 Å². The third-order valence-corrected chi connectivity index (χ3v) is 7.50. The maximum absolute atomic E-state index is 14.9. The van der Waals surface area contributed by atoms with Crippen LogP contribution in [0.5, 0.6) is 6.01 Å². The molecule has 0 saturated carbocycles. The number of hydrogen-bond donors (Lipinski definition) is 1. The van der Waals surface area contributed by atoms with Crippen LogP contribution in [-0.2, 0) is 0 Å². The molecular formula is C22H25ClFN7O3. The van der Waals surface area contributed by atoms with Gasteiger partial charge in [-0.1, -0.05) is 11.6 Å². The number of ether oxygens (including phenoxy) is 1. The van der Waals surface area contributed by atoms with Crippen molar-refractivity contribution in [3.63, 3.8) is 0 Å². The summed E-state index contributed by atoms with van der Waals surface area (Å²) in [5, 5.41) is 18.8. The van der Waals surface area contributed by atoms with E-state index in [0.29, 0.717) is 24.4 Å². The van der Waals surface area contributed by atoms with Gasteiger partial charge in [0.15, 0.2) is 11.0 Å². The molecule has 1 N–H and O–H groups in total. The molecule has 0 aliphatic carbocycles. The van der Waals surface area contributed by atoms with Crippen LogP contribution in [0.3, 0.4) is 0 Å². The molecule has 2 aromatic heterocycles. The maximum Gasteiger partial charge on any atom is 0.407 e. The monoisotopic (exact) mass is 489 g/mol. The number of hydrogen-bond acceptors (Lipinski definition) is 8. The summed E-state index contributed by atoms with van der Waals surface area (Å²) in [6.07, 6.45) is 4.71. The lowest BCUT2D eigenvalue weighted by atomic mass is 9.95. The normalized spacial score (nSPS) is 22.1. The molecule has 0 aromatic carbocycles. The Morgan fingerprint density at radius 3 is 2.76 bits per heavy atom. The molecule has 3 aliphatic heterocycles. The molecule has 0 unspecified atom stereocenters. The van der Waals surface area contributed by atoms with Crippen LogP contribution >= 0.6 is 11.6 Å². The fourth-order valence-corrected chi connectivity index (χ4v) is 5.68. The molecule has 5 heterocycles. The van der Waals surface area contributed by atoms with E-state index in [9.17, 15) is 19.6 Å². The minimum atomic E-state index is -1.08. The molecule has 34 heavy (non-hydrogen) atoms. The van der Waals surface area contributed by atoms with Gasteiger partial charge in [-0.25, -0.2) is 14.2 Å². The lowest BCUT2D eigenvalue weighted by Crippen LogP contribution is -2.55. The summed E-state index contributed by atoms with van der Waals surface area (Å²) in [6, 6.07) is 1.56. The Hall–Kier alpha value is -2.97. The van der Waals surface area contributed by atoms with E-state index < -0.39 is 18.0 Å². The topological polar surface area (TPSA) is 119 Å². The minimum absolute atomic E-state index is 0.00435. The molecule has 0 radical (unpaired) electrons. The van der Waals surface area contributed by atoms with E-state index in [4.69, 9.17) is 16.3 Å². The predicted octanol–water partition coefficient (Wildman–Crippen LogP) is 2.91. The maximum atomic E-state index is 14.9. The number of piperazine rings is 1. The van der Waals surface area contributed by atoms with Crippen molar-refractivity contribution >= 4 is 34.4 Å². The van der Waals surface area contributed by atoms with E-state index in [2.05, 4.69) is 19.9 Å². The van der Waals surface area contributed by atoms with Crippen LogP contribution in [0, 0.1) is 17.1 Å². The van der Waals surface area contributed by atoms with Crippen LogP contribution in [0.1, 0.15) is 32.1 Å². The zero-order valence-corrected chi connectivity index (χ0v) is 19.3. The summed E-state index contributed by atoms with van der Waals surface area (Å²) in [5.74, 6) is -0.366. The number of pyridine rings is 1. The van der Waals surface area contributed by atoms with Crippen LogP contribution in [0.25, 0.3) is 10.9 Å². The van der Waals surface area contributed by atoms with Crippen LogP contribution in [-0.4, -0.2) is 86.9 Å². The second kappa shape index (κ2) is 9.00. The molecule has 1 amide bonds. The fourth-order valence-electron chi connectivity index (χ4n) is 5.54. The molecule has 10 nitrogen and oxygen atoms in total. The molecule has 0 bridgehead atoms. The Morgan fingerprint density at radius 1 is 1.29 bits per heavy atom. The van der Waals surface area contributed by atoms with Crippen molar-refractivity contribution in [2.75, 3.05) is 44.2 Å². The van der Waals surface area contributed by atoms with Gasteiger partial charge < -0.3 is 19.6 Å². The second-order valence-corrected chi connectivity index (χ2v) is 9.46.